The fraction of sp³-hybridized carbons (Fsp3) is 0.294. The fourth-order valence-corrected chi connectivity index (χ4v) is 4.26. The zero-order valence-electron chi connectivity index (χ0n) is 13.3. The Hall–Kier alpha value is -2.32. The summed E-state index contributed by atoms with van der Waals surface area (Å²) in [5.41, 5.74) is 3.38. The van der Waals surface area contributed by atoms with Crippen LogP contribution < -0.4 is 5.32 Å². The summed E-state index contributed by atoms with van der Waals surface area (Å²) in [5.74, 6) is -0.0564. The highest BCUT2D eigenvalue weighted by molar-refractivity contribution is 7.16. The van der Waals surface area contributed by atoms with Crippen molar-refractivity contribution in [1.29, 1.82) is 0 Å². The summed E-state index contributed by atoms with van der Waals surface area (Å²) in [6.45, 7) is 1.19. The number of fused-ring (bicyclic) bond motifs is 1. The number of carbonyl (C=O) groups excluding carboxylic acids is 2. The minimum Gasteiger partial charge on any atom is -0.339 e. The average molecular weight is 372 g/mol. The van der Waals surface area contributed by atoms with Crippen LogP contribution in [-0.2, 0) is 4.79 Å². The highest BCUT2D eigenvalue weighted by atomic mass is 32.1. The molecule has 6 nitrogen and oxygen atoms in total. The van der Waals surface area contributed by atoms with Crippen LogP contribution in [-0.4, -0.2) is 39.8 Å². The molecule has 4 rings (SSSR count). The lowest BCUT2D eigenvalue weighted by Gasteiger charge is -2.31. The normalized spacial score (nSPS) is 15.4. The number of nitrogens with one attached hydrogen (secondary N) is 1. The molecule has 25 heavy (non-hydrogen) atoms. The van der Waals surface area contributed by atoms with E-state index in [1.54, 1.807) is 11.7 Å². The van der Waals surface area contributed by atoms with E-state index in [-0.39, 0.29) is 17.7 Å². The van der Waals surface area contributed by atoms with Crippen LogP contribution >= 0.6 is 22.7 Å². The van der Waals surface area contributed by atoms with E-state index in [2.05, 4.69) is 15.3 Å². The molecule has 1 aliphatic heterocycles. The van der Waals surface area contributed by atoms with E-state index >= 15 is 0 Å². The molecule has 0 atom stereocenters. The third-order valence-corrected chi connectivity index (χ3v) is 5.87. The molecule has 3 aromatic rings. The Bertz CT molecular complexity index is 898. The molecule has 0 radical (unpaired) electrons. The van der Waals surface area contributed by atoms with E-state index in [0.29, 0.717) is 36.6 Å². The highest BCUT2D eigenvalue weighted by Crippen LogP contribution is 2.24. The van der Waals surface area contributed by atoms with Crippen LogP contribution in [0.2, 0.25) is 0 Å². The molecule has 0 bridgehead atoms. The molecule has 128 valence electrons. The first-order valence-corrected chi connectivity index (χ1v) is 9.79. The Balaban J connectivity index is 1.37. The highest BCUT2D eigenvalue weighted by Gasteiger charge is 2.28. The average Bonchev–Trinajstić information content (AvgIpc) is 3.32. The van der Waals surface area contributed by atoms with Crippen molar-refractivity contribution in [3.8, 4) is 0 Å². The quantitative estimate of drug-likeness (QED) is 0.766. The molecule has 1 aromatic carbocycles. The standard InChI is InChI=1S/C17H16N4O2S2/c22-15(20-17-18-5-8-24-17)11-3-6-21(7-4-11)16(23)12-1-2-13-14(9-12)25-10-19-13/h1-2,5,8-11H,3-4,6-7H2,(H,18,20,22). The number of piperidine rings is 1. The van der Waals surface area contributed by atoms with Gasteiger partial charge in [0.15, 0.2) is 5.13 Å². The summed E-state index contributed by atoms with van der Waals surface area (Å²) in [7, 11) is 0. The van der Waals surface area contributed by atoms with Gasteiger partial charge in [0.1, 0.15) is 0 Å². The van der Waals surface area contributed by atoms with Gasteiger partial charge in [0.25, 0.3) is 5.91 Å². The lowest BCUT2D eigenvalue weighted by molar-refractivity contribution is -0.121. The van der Waals surface area contributed by atoms with Crippen molar-refractivity contribution in [3.63, 3.8) is 0 Å². The predicted octanol–water partition coefficient (Wildman–Crippen LogP) is 3.24. The third-order valence-electron chi connectivity index (χ3n) is 4.39. The number of rotatable bonds is 3. The number of amides is 2. The van der Waals surface area contributed by atoms with Crippen LogP contribution in [0, 0.1) is 5.92 Å². The van der Waals surface area contributed by atoms with Crippen molar-refractivity contribution in [3.05, 3.63) is 40.8 Å². The van der Waals surface area contributed by atoms with Crippen molar-refractivity contribution in [1.82, 2.24) is 14.9 Å². The Kier molecular flexibility index (Phi) is 4.46. The summed E-state index contributed by atoms with van der Waals surface area (Å²) in [6.07, 6.45) is 3.01. The maximum Gasteiger partial charge on any atom is 0.253 e. The summed E-state index contributed by atoms with van der Waals surface area (Å²) >= 11 is 2.94. The van der Waals surface area contributed by atoms with Crippen molar-refractivity contribution >= 4 is 49.8 Å². The number of benzene rings is 1. The van der Waals surface area contributed by atoms with Crippen LogP contribution in [0.1, 0.15) is 23.2 Å². The first kappa shape index (κ1) is 16.2. The number of aromatic nitrogens is 2. The van der Waals surface area contributed by atoms with E-state index in [0.717, 1.165) is 10.2 Å². The molecule has 0 spiro atoms. The third kappa shape index (κ3) is 3.40. The maximum atomic E-state index is 12.7. The molecule has 0 unspecified atom stereocenters. The number of hydrogen-bond acceptors (Lipinski definition) is 6. The van der Waals surface area contributed by atoms with E-state index < -0.39 is 0 Å². The molecule has 2 aromatic heterocycles. The van der Waals surface area contributed by atoms with Gasteiger partial charge in [-0.1, -0.05) is 0 Å². The van der Waals surface area contributed by atoms with Crippen molar-refractivity contribution in [2.45, 2.75) is 12.8 Å². The topological polar surface area (TPSA) is 75.2 Å². The summed E-state index contributed by atoms with van der Waals surface area (Å²) in [6, 6.07) is 5.61. The molecule has 2 amide bonds. The summed E-state index contributed by atoms with van der Waals surface area (Å²) in [4.78, 5) is 35.1. The molecule has 8 heteroatoms. The number of carbonyl (C=O) groups is 2. The van der Waals surface area contributed by atoms with E-state index in [9.17, 15) is 9.59 Å². The van der Waals surface area contributed by atoms with E-state index in [1.807, 2.05) is 28.5 Å². The van der Waals surface area contributed by atoms with Gasteiger partial charge in [0.2, 0.25) is 5.91 Å². The Morgan fingerprint density at radius 2 is 2.00 bits per heavy atom. The molecular weight excluding hydrogens is 356 g/mol. The monoisotopic (exact) mass is 372 g/mol. The minimum atomic E-state index is -0.0723. The van der Waals surface area contributed by atoms with Crippen molar-refractivity contribution < 1.29 is 9.59 Å². The Morgan fingerprint density at radius 3 is 2.76 bits per heavy atom. The van der Waals surface area contributed by atoms with Gasteiger partial charge in [-0.2, -0.15) is 0 Å². The molecule has 1 aliphatic rings. The maximum absolute atomic E-state index is 12.7. The van der Waals surface area contributed by atoms with Crippen molar-refractivity contribution in [2.75, 3.05) is 18.4 Å². The SMILES string of the molecule is O=C(Nc1nccs1)C1CCN(C(=O)c2ccc3ncsc3c2)CC1. The second kappa shape index (κ2) is 6.89. The van der Waals surface area contributed by atoms with Crippen LogP contribution in [0.5, 0.6) is 0 Å². The van der Waals surface area contributed by atoms with Gasteiger partial charge in [-0.15, -0.1) is 22.7 Å². The van der Waals surface area contributed by atoms with Crippen LogP contribution in [0.3, 0.4) is 0 Å². The van der Waals surface area contributed by atoms with Crippen molar-refractivity contribution in [2.24, 2.45) is 5.92 Å². The number of nitrogens with zero attached hydrogens (tertiary/aromatic N) is 3. The number of thiazole rings is 2. The van der Waals surface area contributed by atoms with Gasteiger partial charge >= 0.3 is 0 Å². The van der Waals surface area contributed by atoms with Crippen LogP contribution in [0.15, 0.2) is 35.3 Å². The second-order valence-electron chi connectivity index (χ2n) is 5.93. The first-order valence-electron chi connectivity index (χ1n) is 8.03. The van der Waals surface area contributed by atoms with Gasteiger partial charge in [0.05, 0.1) is 15.7 Å². The molecule has 0 saturated carbocycles. The van der Waals surface area contributed by atoms with Crippen LogP contribution in [0.25, 0.3) is 10.2 Å². The van der Waals surface area contributed by atoms with E-state index in [1.165, 1.54) is 22.7 Å². The van der Waals surface area contributed by atoms with Gasteiger partial charge in [-0.3, -0.25) is 9.59 Å². The predicted molar refractivity (Wildman–Crippen MR) is 99.0 cm³/mol. The van der Waals surface area contributed by atoms with E-state index in [4.69, 9.17) is 0 Å². The minimum absolute atomic E-state index is 0.00636. The number of hydrogen-bond donors (Lipinski definition) is 1. The Morgan fingerprint density at radius 1 is 1.16 bits per heavy atom. The lowest BCUT2D eigenvalue weighted by Crippen LogP contribution is -2.41. The lowest BCUT2D eigenvalue weighted by atomic mass is 9.95. The zero-order chi connectivity index (χ0) is 17.2. The first-order chi connectivity index (χ1) is 12.2. The summed E-state index contributed by atoms with van der Waals surface area (Å²) < 4.78 is 1.02. The molecule has 3 heterocycles. The number of anilines is 1. The van der Waals surface area contributed by atoms with Gasteiger partial charge < -0.3 is 10.2 Å². The smallest absolute Gasteiger partial charge is 0.253 e. The van der Waals surface area contributed by atoms with Gasteiger partial charge in [0, 0.05) is 36.1 Å². The van der Waals surface area contributed by atoms with Gasteiger partial charge in [-0.05, 0) is 31.0 Å². The van der Waals surface area contributed by atoms with Gasteiger partial charge in [-0.25, -0.2) is 9.97 Å². The molecule has 0 aliphatic carbocycles. The summed E-state index contributed by atoms with van der Waals surface area (Å²) in [5, 5.41) is 5.30. The fourth-order valence-electron chi connectivity index (χ4n) is 3.01. The molecular formula is C17H16N4O2S2. The number of likely N-dealkylation sites (tertiary alicyclic amines) is 1. The second-order valence-corrected chi connectivity index (χ2v) is 7.71. The molecule has 1 fully saturated rings. The molecule has 1 N–H and O–H groups in total. The Labute approximate surface area is 152 Å². The zero-order valence-corrected chi connectivity index (χ0v) is 15.0. The van der Waals surface area contributed by atoms with Crippen LogP contribution in [0.4, 0.5) is 5.13 Å². The largest absolute Gasteiger partial charge is 0.339 e. The molecule has 1 saturated heterocycles.